The van der Waals surface area contributed by atoms with Gasteiger partial charge in [-0.05, 0) is 31.4 Å². The first-order valence-corrected chi connectivity index (χ1v) is 9.21. The molecular weight excluding hydrogens is 334 g/mol. The maximum absolute atomic E-state index is 12.9. The molecule has 0 bridgehead atoms. The Balaban J connectivity index is 2.00. The summed E-state index contributed by atoms with van der Waals surface area (Å²) in [4.78, 5) is 28.9. The third kappa shape index (κ3) is 6.14. The molecule has 1 aromatic heterocycles. The number of aromatic nitrogens is 1. The molecule has 7 heteroatoms. The SMILES string of the molecule is COCCCN(CC(=O)N(CCOC)Cc1cccn1C)C(=O)C1CC1. The molecule has 1 aliphatic carbocycles. The Kier molecular flexibility index (Phi) is 8.12. The summed E-state index contributed by atoms with van der Waals surface area (Å²) in [5, 5.41) is 0. The summed E-state index contributed by atoms with van der Waals surface area (Å²) in [6, 6.07) is 3.96. The van der Waals surface area contributed by atoms with Gasteiger partial charge in [0.05, 0.1) is 19.7 Å². The van der Waals surface area contributed by atoms with E-state index in [-0.39, 0.29) is 24.3 Å². The first-order chi connectivity index (χ1) is 12.6. The molecule has 1 saturated carbocycles. The third-order valence-electron chi connectivity index (χ3n) is 4.66. The van der Waals surface area contributed by atoms with Gasteiger partial charge >= 0.3 is 0 Å². The van der Waals surface area contributed by atoms with Gasteiger partial charge in [0.2, 0.25) is 11.8 Å². The summed E-state index contributed by atoms with van der Waals surface area (Å²) in [6.45, 7) is 2.74. The quantitative estimate of drug-likeness (QED) is 0.524. The van der Waals surface area contributed by atoms with Crippen molar-refractivity contribution < 1.29 is 19.1 Å². The minimum atomic E-state index is -0.0466. The number of nitrogens with zero attached hydrogens (tertiary/aromatic N) is 3. The number of amides is 2. The Morgan fingerprint density at radius 3 is 2.46 bits per heavy atom. The Labute approximate surface area is 155 Å². The zero-order chi connectivity index (χ0) is 18.9. The number of carbonyl (C=O) groups excluding carboxylic acids is 2. The molecule has 0 spiro atoms. The van der Waals surface area contributed by atoms with Gasteiger partial charge in [-0.3, -0.25) is 9.59 Å². The fourth-order valence-corrected chi connectivity index (χ4v) is 2.87. The minimum Gasteiger partial charge on any atom is -0.385 e. The Morgan fingerprint density at radius 1 is 1.15 bits per heavy atom. The van der Waals surface area contributed by atoms with Crippen LogP contribution in [0.1, 0.15) is 25.0 Å². The van der Waals surface area contributed by atoms with Gasteiger partial charge in [-0.15, -0.1) is 0 Å². The normalized spacial score (nSPS) is 13.7. The van der Waals surface area contributed by atoms with Crippen molar-refractivity contribution >= 4 is 11.8 Å². The van der Waals surface area contributed by atoms with Crippen LogP contribution in [0.3, 0.4) is 0 Å². The van der Waals surface area contributed by atoms with Crippen LogP contribution in [0.25, 0.3) is 0 Å². The topological polar surface area (TPSA) is 64.0 Å². The van der Waals surface area contributed by atoms with Gasteiger partial charge in [0.1, 0.15) is 0 Å². The molecule has 7 nitrogen and oxygen atoms in total. The second-order valence-corrected chi connectivity index (χ2v) is 6.80. The maximum Gasteiger partial charge on any atom is 0.242 e. The van der Waals surface area contributed by atoms with Crippen LogP contribution in [-0.4, -0.2) is 73.2 Å². The van der Waals surface area contributed by atoms with E-state index < -0.39 is 0 Å². The molecule has 2 rings (SSSR count). The Hall–Kier alpha value is -1.86. The fraction of sp³-hybridized carbons (Fsp3) is 0.684. The van der Waals surface area contributed by atoms with E-state index in [1.807, 2.05) is 29.9 Å². The fourth-order valence-electron chi connectivity index (χ4n) is 2.87. The zero-order valence-corrected chi connectivity index (χ0v) is 16.1. The average molecular weight is 365 g/mol. The molecule has 1 aliphatic rings. The number of hydrogen-bond acceptors (Lipinski definition) is 4. The molecule has 26 heavy (non-hydrogen) atoms. The summed E-state index contributed by atoms with van der Waals surface area (Å²) >= 11 is 0. The second-order valence-electron chi connectivity index (χ2n) is 6.80. The van der Waals surface area contributed by atoms with Crippen molar-refractivity contribution in [1.82, 2.24) is 14.4 Å². The van der Waals surface area contributed by atoms with Gasteiger partial charge in [0.25, 0.3) is 0 Å². The summed E-state index contributed by atoms with van der Waals surface area (Å²) in [5.41, 5.74) is 1.05. The second kappa shape index (κ2) is 10.3. The van der Waals surface area contributed by atoms with E-state index in [4.69, 9.17) is 9.47 Å². The molecule has 146 valence electrons. The minimum absolute atomic E-state index is 0.0466. The van der Waals surface area contributed by atoms with Gasteiger partial charge in [0.15, 0.2) is 0 Å². The standard InChI is InChI=1S/C19H31N3O4/c1-20-9-4-6-17(20)14-21(11-13-26-3)18(23)15-22(10-5-12-25-2)19(24)16-7-8-16/h4,6,9,16H,5,7-8,10-15H2,1-3H3. The van der Waals surface area contributed by atoms with Crippen molar-refractivity contribution in [1.29, 1.82) is 0 Å². The molecule has 0 aliphatic heterocycles. The van der Waals surface area contributed by atoms with Crippen LogP contribution in [0.15, 0.2) is 18.3 Å². The first kappa shape index (κ1) is 20.5. The molecule has 1 fully saturated rings. The summed E-state index contributed by atoms with van der Waals surface area (Å²) in [5.74, 6) is 0.153. The van der Waals surface area contributed by atoms with Crippen molar-refractivity contribution in [2.75, 3.05) is 47.1 Å². The van der Waals surface area contributed by atoms with Crippen LogP contribution in [0.4, 0.5) is 0 Å². The lowest BCUT2D eigenvalue weighted by molar-refractivity contribution is -0.142. The van der Waals surface area contributed by atoms with Crippen LogP contribution in [0, 0.1) is 5.92 Å². The molecule has 0 aromatic carbocycles. The van der Waals surface area contributed by atoms with Gasteiger partial charge in [-0.1, -0.05) is 0 Å². The van der Waals surface area contributed by atoms with Crippen LogP contribution in [0.5, 0.6) is 0 Å². The Bertz CT molecular complexity index is 583. The zero-order valence-electron chi connectivity index (χ0n) is 16.1. The predicted molar refractivity (Wildman–Crippen MR) is 98.5 cm³/mol. The van der Waals surface area contributed by atoms with Crippen molar-refractivity contribution in [2.24, 2.45) is 13.0 Å². The highest BCUT2D eigenvalue weighted by atomic mass is 16.5. The number of carbonyl (C=O) groups is 2. The maximum atomic E-state index is 12.9. The van der Waals surface area contributed by atoms with Gasteiger partial charge < -0.3 is 23.8 Å². The first-order valence-electron chi connectivity index (χ1n) is 9.21. The molecule has 0 saturated heterocycles. The number of rotatable bonds is 12. The highest BCUT2D eigenvalue weighted by Gasteiger charge is 2.34. The van der Waals surface area contributed by atoms with Crippen molar-refractivity contribution in [3.8, 4) is 0 Å². The monoisotopic (exact) mass is 365 g/mol. The van der Waals surface area contributed by atoms with E-state index in [9.17, 15) is 9.59 Å². The van der Waals surface area contributed by atoms with Crippen molar-refractivity contribution in [3.05, 3.63) is 24.0 Å². The summed E-state index contributed by atoms with van der Waals surface area (Å²) in [6.07, 6.45) is 4.56. The highest BCUT2D eigenvalue weighted by Crippen LogP contribution is 2.31. The predicted octanol–water partition coefficient (Wildman–Crippen LogP) is 1.28. The van der Waals surface area contributed by atoms with Gasteiger partial charge in [-0.2, -0.15) is 0 Å². The molecule has 0 radical (unpaired) electrons. The summed E-state index contributed by atoms with van der Waals surface area (Å²) < 4.78 is 12.2. The van der Waals surface area contributed by atoms with E-state index in [1.165, 1.54) is 0 Å². The number of methoxy groups -OCH3 is 2. The molecule has 0 unspecified atom stereocenters. The van der Waals surface area contributed by atoms with Crippen LogP contribution < -0.4 is 0 Å². The number of aryl methyl sites for hydroxylation is 1. The molecule has 1 heterocycles. The van der Waals surface area contributed by atoms with E-state index in [0.29, 0.717) is 32.8 Å². The third-order valence-corrected chi connectivity index (χ3v) is 4.66. The van der Waals surface area contributed by atoms with E-state index >= 15 is 0 Å². The summed E-state index contributed by atoms with van der Waals surface area (Å²) in [7, 11) is 5.23. The lowest BCUT2D eigenvalue weighted by Gasteiger charge is -2.28. The lowest BCUT2D eigenvalue weighted by Crippen LogP contribution is -2.44. The van der Waals surface area contributed by atoms with E-state index in [2.05, 4.69) is 0 Å². The Morgan fingerprint density at radius 2 is 1.88 bits per heavy atom. The van der Waals surface area contributed by atoms with Crippen molar-refractivity contribution in [3.63, 3.8) is 0 Å². The molecular formula is C19H31N3O4. The number of ether oxygens (including phenoxy) is 2. The largest absolute Gasteiger partial charge is 0.385 e. The average Bonchev–Trinajstić information content (AvgIpc) is 3.40. The van der Waals surface area contributed by atoms with Gasteiger partial charge in [0, 0.05) is 58.8 Å². The molecule has 0 atom stereocenters. The van der Waals surface area contributed by atoms with Crippen LogP contribution in [0.2, 0.25) is 0 Å². The molecule has 0 N–H and O–H groups in total. The van der Waals surface area contributed by atoms with Crippen LogP contribution in [-0.2, 0) is 32.7 Å². The molecule has 2 amide bonds. The number of hydrogen-bond donors (Lipinski definition) is 0. The van der Waals surface area contributed by atoms with Crippen LogP contribution >= 0.6 is 0 Å². The molecule has 1 aromatic rings. The van der Waals surface area contributed by atoms with E-state index in [1.54, 1.807) is 24.0 Å². The van der Waals surface area contributed by atoms with Gasteiger partial charge in [-0.25, -0.2) is 0 Å². The highest BCUT2D eigenvalue weighted by molar-refractivity contribution is 5.87. The van der Waals surface area contributed by atoms with Crippen molar-refractivity contribution in [2.45, 2.75) is 25.8 Å². The van der Waals surface area contributed by atoms with E-state index in [0.717, 1.165) is 25.0 Å². The smallest absolute Gasteiger partial charge is 0.242 e. The lowest BCUT2D eigenvalue weighted by atomic mass is 10.3.